The predicted octanol–water partition coefficient (Wildman–Crippen LogP) is 3.38. The van der Waals surface area contributed by atoms with Gasteiger partial charge in [-0.2, -0.15) is 0 Å². The number of carbonyl (C=O) groups is 2. The Morgan fingerprint density at radius 1 is 1.24 bits per heavy atom. The van der Waals surface area contributed by atoms with E-state index in [0.29, 0.717) is 23.8 Å². The third kappa shape index (κ3) is 6.09. The SMILES string of the molecule is CCN(CCC(=O)O)CC(=O)Nc1c(Cl)cc(Cl)cc1Cl. The molecule has 0 saturated carbocycles. The van der Waals surface area contributed by atoms with Gasteiger partial charge in [0.2, 0.25) is 5.91 Å². The van der Waals surface area contributed by atoms with Crippen LogP contribution in [0.2, 0.25) is 15.1 Å². The molecule has 2 N–H and O–H groups in total. The van der Waals surface area contributed by atoms with Gasteiger partial charge in [-0.1, -0.05) is 41.7 Å². The van der Waals surface area contributed by atoms with Gasteiger partial charge in [-0.3, -0.25) is 14.5 Å². The first-order valence-electron chi connectivity index (χ1n) is 6.22. The first kappa shape index (κ1) is 18.0. The number of carboxylic acids is 1. The van der Waals surface area contributed by atoms with Crippen LogP contribution >= 0.6 is 34.8 Å². The van der Waals surface area contributed by atoms with Gasteiger partial charge in [0.05, 0.1) is 28.7 Å². The Balaban J connectivity index is 2.66. The Morgan fingerprint density at radius 2 is 1.81 bits per heavy atom. The Hall–Kier alpha value is -1.01. The molecule has 0 unspecified atom stereocenters. The topological polar surface area (TPSA) is 69.6 Å². The van der Waals surface area contributed by atoms with Gasteiger partial charge in [-0.05, 0) is 18.7 Å². The summed E-state index contributed by atoms with van der Waals surface area (Å²) in [6.45, 7) is 2.75. The summed E-state index contributed by atoms with van der Waals surface area (Å²) in [4.78, 5) is 24.2. The molecule has 0 fully saturated rings. The van der Waals surface area contributed by atoms with Crippen molar-refractivity contribution in [2.45, 2.75) is 13.3 Å². The lowest BCUT2D eigenvalue weighted by Crippen LogP contribution is -2.34. The fourth-order valence-electron chi connectivity index (χ4n) is 1.65. The fraction of sp³-hybridized carbons (Fsp3) is 0.385. The normalized spacial score (nSPS) is 10.7. The van der Waals surface area contributed by atoms with E-state index in [1.807, 2.05) is 6.92 Å². The fourth-order valence-corrected chi connectivity index (χ4v) is 2.56. The summed E-state index contributed by atoms with van der Waals surface area (Å²) in [6, 6.07) is 2.96. The highest BCUT2D eigenvalue weighted by atomic mass is 35.5. The summed E-state index contributed by atoms with van der Waals surface area (Å²) in [5.74, 6) is -1.23. The molecule has 0 radical (unpaired) electrons. The molecule has 21 heavy (non-hydrogen) atoms. The number of hydrogen-bond acceptors (Lipinski definition) is 3. The molecule has 5 nitrogen and oxygen atoms in total. The monoisotopic (exact) mass is 352 g/mol. The standard InChI is InChI=1S/C13H15Cl3N2O3/c1-2-18(4-3-12(20)21)7-11(19)17-13-9(15)5-8(14)6-10(13)16/h5-6H,2-4,7H2,1H3,(H,17,19)(H,20,21). The van der Waals surface area contributed by atoms with Crippen LogP contribution in [-0.2, 0) is 9.59 Å². The molecule has 0 aromatic heterocycles. The first-order chi connectivity index (χ1) is 9.83. The van der Waals surface area contributed by atoms with Crippen molar-refractivity contribution in [1.29, 1.82) is 0 Å². The number of anilines is 1. The van der Waals surface area contributed by atoms with E-state index in [0.717, 1.165) is 0 Å². The molecular formula is C13H15Cl3N2O3. The molecule has 0 aliphatic heterocycles. The minimum absolute atomic E-state index is 0.0242. The third-order valence-electron chi connectivity index (χ3n) is 2.73. The van der Waals surface area contributed by atoms with Crippen molar-refractivity contribution in [3.05, 3.63) is 27.2 Å². The Kier molecular flexibility index (Phi) is 7.25. The molecule has 0 heterocycles. The summed E-state index contributed by atoms with van der Waals surface area (Å²) in [6.07, 6.45) is -0.0242. The Morgan fingerprint density at radius 3 is 2.29 bits per heavy atom. The molecule has 0 spiro atoms. The summed E-state index contributed by atoms with van der Waals surface area (Å²) < 4.78 is 0. The maximum absolute atomic E-state index is 12.0. The molecule has 0 atom stereocenters. The molecule has 0 bridgehead atoms. The highest BCUT2D eigenvalue weighted by molar-refractivity contribution is 6.42. The maximum atomic E-state index is 12.0. The van der Waals surface area contributed by atoms with Crippen LogP contribution in [0, 0.1) is 0 Å². The Bertz CT molecular complexity index is 514. The van der Waals surface area contributed by atoms with Crippen LogP contribution in [-0.4, -0.2) is 41.5 Å². The lowest BCUT2D eigenvalue weighted by atomic mass is 10.3. The number of rotatable bonds is 7. The lowest BCUT2D eigenvalue weighted by molar-refractivity contribution is -0.137. The van der Waals surface area contributed by atoms with Gasteiger partial charge in [0, 0.05) is 11.6 Å². The summed E-state index contributed by atoms with van der Waals surface area (Å²) in [5, 5.41) is 12.1. The van der Waals surface area contributed by atoms with Crippen molar-refractivity contribution in [1.82, 2.24) is 4.90 Å². The molecule has 1 rings (SSSR count). The van der Waals surface area contributed by atoms with Gasteiger partial charge in [0.25, 0.3) is 0 Å². The lowest BCUT2D eigenvalue weighted by Gasteiger charge is -2.19. The van der Waals surface area contributed by atoms with Gasteiger partial charge in [0.15, 0.2) is 0 Å². The molecule has 0 aliphatic carbocycles. The molecule has 8 heteroatoms. The third-order valence-corrected chi connectivity index (χ3v) is 3.54. The van der Waals surface area contributed by atoms with E-state index in [-0.39, 0.29) is 28.9 Å². The van der Waals surface area contributed by atoms with Crippen LogP contribution in [0.5, 0.6) is 0 Å². The van der Waals surface area contributed by atoms with Crippen LogP contribution in [0.25, 0.3) is 0 Å². The van der Waals surface area contributed by atoms with Gasteiger partial charge in [0.1, 0.15) is 0 Å². The molecule has 1 amide bonds. The van der Waals surface area contributed by atoms with E-state index in [2.05, 4.69) is 5.32 Å². The van der Waals surface area contributed by atoms with Crippen LogP contribution in [0.4, 0.5) is 5.69 Å². The number of nitrogens with one attached hydrogen (secondary N) is 1. The predicted molar refractivity (Wildman–Crippen MR) is 84.5 cm³/mol. The van der Waals surface area contributed by atoms with Crippen molar-refractivity contribution < 1.29 is 14.7 Å². The molecule has 1 aromatic rings. The number of carboxylic acid groups (broad SMARTS) is 1. The number of aliphatic carboxylic acids is 1. The van der Waals surface area contributed by atoms with Crippen molar-refractivity contribution in [2.75, 3.05) is 25.0 Å². The molecule has 116 valence electrons. The zero-order chi connectivity index (χ0) is 16.0. The zero-order valence-electron chi connectivity index (χ0n) is 11.3. The highest BCUT2D eigenvalue weighted by Crippen LogP contribution is 2.33. The number of amides is 1. The number of nitrogens with zero attached hydrogens (tertiary/aromatic N) is 1. The summed E-state index contributed by atoms with van der Waals surface area (Å²) in [5.41, 5.74) is 0.294. The van der Waals surface area contributed by atoms with Crippen LogP contribution < -0.4 is 5.32 Å². The smallest absolute Gasteiger partial charge is 0.304 e. The maximum Gasteiger partial charge on any atom is 0.304 e. The second-order valence-electron chi connectivity index (χ2n) is 4.31. The quantitative estimate of drug-likeness (QED) is 0.788. The molecule has 1 aromatic carbocycles. The van der Waals surface area contributed by atoms with Crippen molar-refractivity contribution in [3.8, 4) is 0 Å². The minimum atomic E-state index is -0.905. The van der Waals surface area contributed by atoms with Gasteiger partial charge < -0.3 is 10.4 Å². The van der Waals surface area contributed by atoms with Gasteiger partial charge in [-0.15, -0.1) is 0 Å². The number of hydrogen-bond donors (Lipinski definition) is 2. The van der Waals surface area contributed by atoms with E-state index in [1.54, 1.807) is 4.90 Å². The highest BCUT2D eigenvalue weighted by Gasteiger charge is 2.14. The second kappa shape index (κ2) is 8.44. The van der Waals surface area contributed by atoms with Crippen molar-refractivity contribution in [2.24, 2.45) is 0 Å². The van der Waals surface area contributed by atoms with E-state index < -0.39 is 5.97 Å². The van der Waals surface area contributed by atoms with Crippen molar-refractivity contribution >= 4 is 52.4 Å². The van der Waals surface area contributed by atoms with E-state index >= 15 is 0 Å². The first-order valence-corrected chi connectivity index (χ1v) is 7.35. The second-order valence-corrected chi connectivity index (χ2v) is 5.56. The number of carbonyl (C=O) groups excluding carboxylic acids is 1. The average Bonchev–Trinajstić information content (AvgIpc) is 2.38. The average molecular weight is 354 g/mol. The molecular weight excluding hydrogens is 339 g/mol. The minimum Gasteiger partial charge on any atom is -0.481 e. The van der Waals surface area contributed by atoms with Crippen LogP contribution in [0.3, 0.4) is 0 Å². The Labute approximate surface area is 137 Å². The van der Waals surface area contributed by atoms with Crippen molar-refractivity contribution in [3.63, 3.8) is 0 Å². The van der Waals surface area contributed by atoms with Crippen LogP contribution in [0.1, 0.15) is 13.3 Å². The largest absolute Gasteiger partial charge is 0.481 e. The molecule has 0 aliphatic rings. The van der Waals surface area contributed by atoms with E-state index in [4.69, 9.17) is 39.9 Å². The van der Waals surface area contributed by atoms with E-state index in [9.17, 15) is 9.59 Å². The number of likely N-dealkylation sites (N-methyl/N-ethyl adjacent to an activating group) is 1. The van der Waals surface area contributed by atoms with Crippen LogP contribution in [0.15, 0.2) is 12.1 Å². The summed E-state index contributed by atoms with van der Waals surface area (Å²) in [7, 11) is 0. The van der Waals surface area contributed by atoms with Gasteiger partial charge >= 0.3 is 5.97 Å². The van der Waals surface area contributed by atoms with E-state index in [1.165, 1.54) is 12.1 Å². The number of benzene rings is 1. The zero-order valence-corrected chi connectivity index (χ0v) is 13.6. The summed E-state index contributed by atoms with van der Waals surface area (Å²) >= 11 is 17.7. The number of halogens is 3. The molecule has 0 saturated heterocycles. The van der Waals surface area contributed by atoms with Gasteiger partial charge in [-0.25, -0.2) is 0 Å².